The highest BCUT2D eigenvalue weighted by Crippen LogP contribution is 2.33. The number of hydrogen-bond donors (Lipinski definition) is 2. The van der Waals surface area contributed by atoms with Gasteiger partial charge in [-0.15, -0.1) is 0 Å². The van der Waals surface area contributed by atoms with Crippen molar-refractivity contribution in [1.29, 1.82) is 0 Å². The zero-order valence-electron chi connectivity index (χ0n) is 20.6. The highest BCUT2D eigenvalue weighted by Gasteiger charge is 2.50. The fourth-order valence-electron chi connectivity index (χ4n) is 3.80. The molecule has 7 nitrogen and oxygen atoms in total. The molecule has 1 aliphatic rings. The van der Waals surface area contributed by atoms with Crippen LogP contribution in [0.15, 0.2) is 58.0 Å². The van der Waals surface area contributed by atoms with E-state index in [2.05, 4.69) is 21.2 Å². The number of carbonyl (C=O) groups excluding carboxylic acids is 1. The molecule has 190 valence electrons. The van der Waals surface area contributed by atoms with E-state index in [4.69, 9.17) is 24.3 Å². The van der Waals surface area contributed by atoms with Crippen molar-refractivity contribution >= 4 is 27.7 Å². The predicted molar refractivity (Wildman–Crippen MR) is 140 cm³/mol. The summed E-state index contributed by atoms with van der Waals surface area (Å²) in [5, 5.41) is 12.0. The van der Waals surface area contributed by atoms with E-state index in [0.29, 0.717) is 44.2 Å². The second-order valence-electron chi connectivity index (χ2n) is 8.88. The Balaban J connectivity index is 1.80. The quantitative estimate of drug-likeness (QED) is 0.366. The minimum Gasteiger partial charge on any atom is -0.494 e. The number of aliphatic imine (C=N–C) groups is 1. The number of ether oxygens (including phenoxy) is 3. The van der Waals surface area contributed by atoms with Gasteiger partial charge < -0.3 is 24.6 Å². The number of aliphatic hydroxyl groups is 1. The zero-order chi connectivity index (χ0) is 25.3. The van der Waals surface area contributed by atoms with Gasteiger partial charge in [0, 0.05) is 42.6 Å². The van der Waals surface area contributed by atoms with Gasteiger partial charge in [-0.2, -0.15) is 0 Å². The van der Waals surface area contributed by atoms with E-state index in [0.717, 1.165) is 22.0 Å². The molecule has 1 amide bonds. The van der Waals surface area contributed by atoms with Crippen LogP contribution in [0.4, 0.5) is 0 Å². The van der Waals surface area contributed by atoms with Gasteiger partial charge in [0.15, 0.2) is 5.54 Å². The molecule has 8 heteroatoms. The van der Waals surface area contributed by atoms with Crippen LogP contribution >= 0.6 is 15.9 Å². The van der Waals surface area contributed by atoms with Crippen molar-refractivity contribution in [2.24, 2.45) is 4.99 Å². The molecule has 0 unspecified atom stereocenters. The maximum atomic E-state index is 13.5. The van der Waals surface area contributed by atoms with Crippen molar-refractivity contribution in [2.45, 2.75) is 57.8 Å². The Hall–Kier alpha value is -2.42. The lowest BCUT2D eigenvalue weighted by Gasteiger charge is -2.28. The fraction of sp³-hybridized carbons (Fsp3) is 0.481. The number of halogens is 1. The molecule has 0 saturated heterocycles. The van der Waals surface area contributed by atoms with Crippen LogP contribution in [0.25, 0.3) is 0 Å². The van der Waals surface area contributed by atoms with Gasteiger partial charge in [-0.05, 0) is 69.2 Å². The molecule has 0 fully saturated rings. The average Bonchev–Trinajstić information content (AvgIpc) is 3.17. The molecular weight excluding hydrogens is 512 g/mol. The van der Waals surface area contributed by atoms with Crippen LogP contribution in [0.3, 0.4) is 0 Å². The Morgan fingerprint density at radius 2 is 1.86 bits per heavy atom. The van der Waals surface area contributed by atoms with Crippen molar-refractivity contribution in [3.63, 3.8) is 0 Å². The summed E-state index contributed by atoms with van der Waals surface area (Å²) in [6.07, 6.45) is 1.43. The molecule has 3 rings (SSSR count). The molecule has 1 heterocycles. The van der Waals surface area contributed by atoms with Crippen molar-refractivity contribution < 1.29 is 24.1 Å². The van der Waals surface area contributed by atoms with Crippen LogP contribution in [0.5, 0.6) is 5.75 Å². The standard InChI is InChI=1S/C27H35BrN2O5/c1-19(2)33-16-4-14-29-26(32)27(18-21-6-10-23(28)11-7-21)20(3)35-25(30-27)22-8-12-24(13-9-22)34-17-5-15-31/h6-13,19-20,31H,4-5,14-18H2,1-3H3,(H,29,32)/t20-,27-/m1/s1. The Morgan fingerprint density at radius 3 is 2.51 bits per heavy atom. The smallest absolute Gasteiger partial charge is 0.252 e. The summed E-state index contributed by atoms with van der Waals surface area (Å²) in [5.74, 6) is 0.988. The van der Waals surface area contributed by atoms with Gasteiger partial charge in [0.2, 0.25) is 5.90 Å². The summed E-state index contributed by atoms with van der Waals surface area (Å²) in [4.78, 5) is 18.4. The summed E-state index contributed by atoms with van der Waals surface area (Å²) >= 11 is 3.47. The zero-order valence-corrected chi connectivity index (χ0v) is 22.2. The van der Waals surface area contributed by atoms with Crippen molar-refractivity contribution in [2.75, 3.05) is 26.4 Å². The van der Waals surface area contributed by atoms with Crippen LogP contribution in [0, 0.1) is 0 Å². The second-order valence-corrected chi connectivity index (χ2v) is 9.80. The number of amides is 1. The van der Waals surface area contributed by atoms with Gasteiger partial charge in [-0.1, -0.05) is 28.1 Å². The van der Waals surface area contributed by atoms with Crippen molar-refractivity contribution in [3.8, 4) is 5.75 Å². The molecule has 0 spiro atoms. The maximum Gasteiger partial charge on any atom is 0.252 e. The Kier molecular flexibility index (Phi) is 10.1. The lowest BCUT2D eigenvalue weighted by atomic mass is 9.86. The number of hydrogen-bond acceptors (Lipinski definition) is 6. The van der Waals surface area contributed by atoms with E-state index in [-0.39, 0.29) is 18.6 Å². The fourth-order valence-corrected chi connectivity index (χ4v) is 4.07. The van der Waals surface area contributed by atoms with Crippen LogP contribution in [0.1, 0.15) is 44.7 Å². The van der Waals surface area contributed by atoms with Crippen LogP contribution in [-0.2, 0) is 20.7 Å². The van der Waals surface area contributed by atoms with Gasteiger partial charge in [0.1, 0.15) is 11.9 Å². The minimum absolute atomic E-state index is 0.0912. The summed E-state index contributed by atoms with van der Waals surface area (Å²) < 4.78 is 18.3. The maximum absolute atomic E-state index is 13.5. The summed E-state index contributed by atoms with van der Waals surface area (Å²) in [6, 6.07) is 15.3. The summed E-state index contributed by atoms with van der Waals surface area (Å²) in [6.45, 7) is 7.51. The largest absolute Gasteiger partial charge is 0.494 e. The molecule has 0 bridgehead atoms. The molecule has 1 aliphatic heterocycles. The van der Waals surface area contributed by atoms with E-state index in [1.807, 2.05) is 69.3 Å². The summed E-state index contributed by atoms with van der Waals surface area (Å²) in [7, 11) is 0. The highest BCUT2D eigenvalue weighted by atomic mass is 79.9. The van der Waals surface area contributed by atoms with Gasteiger partial charge in [0.25, 0.3) is 5.91 Å². The number of nitrogens with one attached hydrogen (secondary N) is 1. The molecule has 0 aromatic heterocycles. The molecule has 2 atom stereocenters. The third-order valence-corrected chi connectivity index (χ3v) is 6.30. The van der Waals surface area contributed by atoms with Crippen molar-refractivity contribution in [1.82, 2.24) is 5.32 Å². The molecule has 0 radical (unpaired) electrons. The second kappa shape index (κ2) is 13.0. The third-order valence-electron chi connectivity index (χ3n) is 5.77. The van der Waals surface area contributed by atoms with Gasteiger partial charge >= 0.3 is 0 Å². The van der Waals surface area contributed by atoms with Gasteiger partial charge in [0.05, 0.1) is 12.7 Å². The van der Waals surface area contributed by atoms with Crippen molar-refractivity contribution in [3.05, 3.63) is 64.1 Å². The molecule has 0 aliphatic carbocycles. The Bertz CT molecular complexity index is 978. The Labute approximate surface area is 216 Å². The molecule has 35 heavy (non-hydrogen) atoms. The van der Waals surface area contributed by atoms with E-state index >= 15 is 0 Å². The number of rotatable bonds is 13. The van der Waals surface area contributed by atoms with Crippen LogP contribution in [-0.4, -0.2) is 61.0 Å². The number of benzene rings is 2. The first-order valence-electron chi connectivity index (χ1n) is 12.1. The summed E-state index contributed by atoms with van der Waals surface area (Å²) in [5.41, 5.74) is 0.694. The van der Waals surface area contributed by atoms with Gasteiger partial charge in [-0.25, -0.2) is 4.99 Å². The van der Waals surface area contributed by atoms with E-state index in [9.17, 15) is 4.79 Å². The third kappa shape index (κ3) is 7.53. The lowest BCUT2D eigenvalue weighted by Crippen LogP contribution is -2.52. The van der Waals surface area contributed by atoms with Crippen LogP contribution < -0.4 is 10.1 Å². The highest BCUT2D eigenvalue weighted by molar-refractivity contribution is 9.10. The first kappa shape index (κ1) is 27.2. The number of aliphatic hydroxyl groups excluding tert-OH is 1. The lowest BCUT2D eigenvalue weighted by molar-refractivity contribution is -0.128. The molecule has 2 aromatic carbocycles. The molecular formula is C27H35BrN2O5. The Morgan fingerprint density at radius 1 is 1.14 bits per heavy atom. The first-order chi connectivity index (χ1) is 16.8. The first-order valence-corrected chi connectivity index (χ1v) is 12.9. The van der Waals surface area contributed by atoms with E-state index in [1.165, 1.54) is 0 Å². The molecule has 2 N–H and O–H groups in total. The van der Waals surface area contributed by atoms with E-state index < -0.39 is 11.6 Å². The number of nitrogens with zero attached hydrogens (tertiary/aromatic N) is 1. The SMILES string of the molecule is CC(C)OCCCNC(=O)[C@]1(Cc2ccc(Br)cc2)N=C(c2ccc(OCCCO)cc2)O[C@@H]1C. The molecule has 0 saturated carbocycles. The minimum atomic E-state index is -1.08. The molecule has 2 aromatic rings. The average molecular weight is 547 g/mol. The van der Waals surface area contributed by atoms with Crippen LogP contribution in [0.2, 0.25) is 0 Å². The normalized spacial score (nSPS) is 19.4. The predicted octanol–water partition coefficient (Wildman–Crippen LogP) is 4.29. The topological polar surface area (TPSA) is 89.4 Å². The van der Waals surface area contributed by atoms with Gasteiger partial charge in [-0.3, -0.25) is 4.79 Å². The number of carbonyl (C=O) groups is 1. The van der Waals surface area contributed by atoms with E-state index in [1.54, 1.807) is 0 Å². The monoisotopic (exact) mass is 546 g/mol.